The lowest BCUT2D eigenvalue weighted by Gasteiger charge is -2.21. The number of unbranched alkanes of at least 4 members (excludes halogenated alkanes) is 2. The Labute approximate surface area is 125 Å². The van der Waals surface area contributed by atoms with E-state index in [1.807, 2.05) is 18.2 Å². The minimum absolute atomic E-state index is 1.14. The molecular weight excluding hydrogens is 242 g/mol. The van der Waals surface area contributed by atoms with Gasteiger partial charge < -0.3 is 4.90 Å². The maximum Gasteiger partial charge on any atom is 0.0228 e. The lowest BCUT2D eigenvalue weighted by atomic mass is 10.1. The lowest BCUT2D eigenvalue weighted by Crippen LogP contribution is -2.15. The van der Waals surface area contributed by atoms with Crippen molar-refractivity contribution in [2.45, 2.75) is 52.4 Å². The van der Waals surface area contributed by atoms with E-state index in [4.69, 9.17) is 0 Å². The van der Waals surface area contributed by atoms with E-state index in [1.54, 1.807) is 0 Å². The summed E-state index contributed by atoms with van der Waals surface area (Å²) in [6, 6.07) is 10.3. The minimum Gasteiger partial charge on any atom is -0.350 e. The first-order valence-electron chi connectivity index (χ1n) is 7.80. The molecule has 0 atom stereocenters. The van der Waals surface area contributed by atoms with Crippen molar-refractivity contribution < 1.29 is 0 Å². The van der Waals surface area contributed by atoms with Crippen LogP contribution in [-0.4, -0.2) is 11.4 Å². The van der Waals surface area contributed by atoms with Crippen LogP contribution in [0.1, 0.15) is 51.0 Å². The fourth-order valence-electron chi connectivity index (χ4n) is 2.36. The van der Waals surface area contributed by atoms with Crippen molar-refractivity contribution in [2.75, 3.05) is 6.54 Å². The van der Waals surface area contributed by atoms with E-state index in [9.17, 15) is 0 Å². The number of benzene rings is 1. The Bertz CT molecular complexity index is 405. The highest BCUT2D eigenvalue weighted by Gasteiger charge is 2.16. The summed E-state index contributed by atoms with van der Waals surface area (Å²) in [6.45, 7) is 13.6. The molecule has 1 aliphatic rings. The van der Waals surface area contributed by atoms with Gasteiger partial charge in [0.2, 0.25) is 0 Å². The second kappa shape index (κ2) is 9.41. The van der Waals surface area contributed by atoms with Crippen LogP contribution >= 0.6 is 0 Å². The first-order chi connectivity index (χ1) is 9.65. The first-order valence-corrected chi connectivity index (χ1v) is 7.80. The third kappa shape index (κ3) is 6.10. The molecule has 0 radical (unpaired) electrons. The molecule has 1 fully saturated rings. The van der Waals surface area contributed by atoms with Gasteiger partial charge in [-0.25, -0.2) is 0 Å². The molecular formula is C19H29N. The highest BCUT2D eigenvalue weighted by molar-refractivity contribution is 5.12. The maximum absolute atomic E-state index is 4.12. The normalized spacial score (nSPS) is 13.9. The van der Waals surface area contributed by atoms with Crippen molar-refractivity contribution in [1.82, 2.24) is 4.90 Å². The quantitative estimate of drug-likeness (QED) is 0.622. The van der Waals surface area contributed by atoms with Crippen LogP contribution in [0.2, 0.25) is 0 Å². The van der Waals surface area contributed by atoms with E-state index < -0.39 is 0 Å². The number of allylic oxidation sites excluding steroid dienone is 2. The van der Waals surface area contributed by atoms with Gasteiger partial charge in [0.25, 0.3) is 0 Å². The smallest absolute Gasteiger partial charge is 0.0228 e. The second-order valence-electron chi connectivity index (χ2n) is 5.50. The van der Waals surface area contributed by atoms with E-state index in [-0.39, 0.29) is 0 Å². The van der Waals surface area contributed by atoms with Crippen LogP contribution in [-0.2, 0) is 0 Å². The largest absolute Gasteiger partial charge is 0.350 e. The second-order valence-corrected chi connectivity index (χ2v) is 5.50. The van der Waals surface area contributed by atoms with Crippen LogP contribution in [0.4, 0.5) is 0 Å². The molecule has 0 unspecified atom stereocenters. The third-order valence-corrected chi connectivity index (χ3v) is 3.62. The van der Waals surface area contributed by atoms with Crippen LogP contribution in [0.25, 0.3) is 0 Å². The summed E-state index contributed by atoms with van der Waals surface area (Å²) >= 11 is 0. The SMILES string of the molecule is C=C(CCCCC)N1CCCC1=C.Cc1ccccc1. The fraction of sp³-hybridized carbons (Fsp3) is 0.474. The predicted octanol–water partition coefficient (Wildman–Crippen LogP) is 5.68. The van der Waals surface area contributed by atoms with Crippen molar-refractivity contribution in [2.24, 2.45) is 0 Å². The number of likely N-dealkylation sites (tertiary alicyclic amines) is 1. The summed E-state index contributed by atoms with van der Waals surface area (Å²) in [6.07, 6.45) is 7.44. The summed E-state index contributed by atoms with van der Waals surface area (Å²) in [7, 11) is 0. The molecule has 0 N–H and O–H groups in total. The van der Waals surface area contributed by atoms with Gasteiger partial charge in [-0.2, -0.15) is 0 Å². The average molecular weight is 271 g/mol. The Morgan fingerprint density at radius 2 is 1.90 bits per heavy atom. The van der Waals surface area contributed by atoms with Crippen molar-refractivity contribution in [1.29, 1.82) is 0 Å². The van der Waals surface area contributed by atoms with Crippen LogP contribution in [0.15, 0.2) is 54.9 Å². The number of nitrogens with zero attached hydrogens (tertiary/aromatic N) is 1. The highest BCUT2D eigenvalue weighted by atomic mass is 15.2. The van der Waals surface area contributed by atoms with Gasteiger partial charge in [0.1, 0.15) is 0 Å². The molecule has 0 spiro atoms. The van der Waals surface area contributed by atoms with Crippen molar-refractivity contribution >= 4 is 0 Å². The van der Waals surface area contributed by atoms with Gasteiger partial charge in [-0.1, -0.05) is 68.8 Å². The zero-order valence-corrected chi connectivity index (χ0v) is 13.2. The lowest BCUT2D eigenvalue weighted by molar-refractivity contribution is 0.461. The van der Waals surface area contributed by atoms with E-state index >= 15 is 0 Å². The monoisotopic (exact) mass is 271 g/mol. The average Bonchev–Trinajstić information content (AvgIpc) is 2.87. The Morgan fingerprint density at radius 1 is 1.20 bits per heavy atom. The molecule has 0 bridgehead atoms. The number of hydrogen-bond donors (Lipinski definition) is 0. The van der Waals surface area contributed by atoms with Gasteiger partial charge in [-0.15, -0.1) is 0 Å². The molecule has 1 saturated heterocycles. The minimum atomic E-state index is 1.14. The highest BCUT2D eigenvalue weighted by Crippen LogP contribution is 2.25. The summed E-state index contributed by atoms with van der Waals surface area (Å²) in [5.41, 5.74) is 3.86. The van der Waals surface area contributed by atoms with Crippen LogP contribution in [0.3, 0.4) is 0 Å². The van der Waals surface area contributed by atoms with Crippen molar-refractivity contribution in [3.05, 3.63) is 60.4 Å². The summed E-state index contributed by atoms with van der Waals surface area (Å²) < 4.78 is 0. The predicted molar refractivity (Wildman–Crippen MR) is 89.5 cm³/mol. The molecule has 20 heavy (non-hydrogen) atoms. The van der Waals surface area contributed by atoms with E-state index in [0.717, 1.165) is 19.4 Å². The Morgan fingerprint density at radius 3 is 2.35 bits per heavy atom. The molecule has 1 heterocycles. The summed E-state index contributed by atoms with van der Waals surface area (Å²) in [4.78, 5) is 2.30. The van der Waals surface area contributed by atoms with Gasteiger partial charge in [-0.05, 0) is 32.6 Å². The third-order valence-electron chi connectivity index (χ3n) is 3.62. The van der Waals surface area contributed by atoms with Crippen molar-refractivity contribution in [3.63, 3.8) is 0 Å². The first kappa shape index (κ1) is 16.6. The number of aryl methyl sites for hydroxylation is 1. The number of rotatable bonds is 5. The van der Waals surface area contributed by atoms with E-state index in [1.165, 1.54) is 42.6 Å². The van der Waals surface area contributed by atoms with Crippen LogP contribution < -0.4 is 0 Å². The number of hydrogen-bond acceptors (Lipinski definition) is 1. The van der Waals surface area contributed by atoms with E-state index in [0.29, 0.717) is 0 Å². The summed E-state index contributed by atoms with van der Waals surface area (Å²) in [5.74, 6) is 0. The molecule has 1 heteroatoms. The molecule has 110 valence electrons. The molecule has 1 aromatic rings. The molecule has 0 aliphatic carbocycles. The van der Waals surface area contributed by atoms with Gasteiger partial charge in [0, 0.05) is 17.9 Å². The Kier molecular flexibility index (Phi) is 7.79. The summed E-state index contributed by atoms with van der Waals surface area (Å²) in [5, 5.41) is 0. The van der Waals surface area contributed by atoms with Crippen LogP contribution in [0, 0.1) is 6.92 Å². The Hall–Kier alpha value is -1.50. The van der Waals surface area contributed by atoms with Gasteiger partial charge in [0.05, 0.1) is 0 Å². The molecule has 0 aromatic heterocycles. The maximum atomic E-state index is 4.12. The molecule has 1 aromatic carbocycles. The van der Waals surface area contributed by atoms with Gasteiger partial charge in [0.15, 0.2) is 0 Å². The van der Waals surface area contributed by atoms with Crippen molar-refractivity contribution in [3.8, 4) is 0 Å². The van der Waals surface area contributed by atoms with Gasteiger partial charge in [-0.3, -0.25) is 0 Å². The standard InChI is InChI=1S/C12H21N.C7H8/c1-4-5-6-8-11(2)13-10-7-9-12(13)3;1-7-5-3-2-4-6-7/h2-10H2,1H3;2-6H,1H3. The molecule has 2 rings (SSSR count). The van der Waals surface area contributed by atoms with Gasteiger partial charge >= 0.3 is 0 Å². The zero-order valence-electron chi connectivity index (χ0n) is 13.2. The van der Waals surface area contributed by atoms with E-state index in [2.05, 4.69) is 44.0 Å². The molecule has 0 saturated carbocycles. The molecule has 0 amide bonds. The van der Waals surface area contributed by atoms with Crippen LogP contribution in [0.5, 0.6) is 0 Å². The fourth-order valence-corrected chi connectivity index (χ4v) is 2.36. The zero-order chi connectivity index (χ0) is 14.8. The molecule has 1 aliphatic heterocycles. The molecule has 1 nitrogen and oxygen atoms in total. The Balaban J connectivity index is 0.000000240. The topological polar surface area (TPSA) is 3.24 Å².